The van der Waals surface area contributed by atoms with E-state index in [1.54, 1.807) is 18.9 Å². The molecule has 0 amide bonds. The number of methoxy groups -OCH3 is 1. The number of aromatic nitrogens is 2. The molecule has 1 atom stereocenters. The van der Waals surface area contributed by atoms with Gasteiger partial charge in [-0.25, -0.2) is 4.98 Å². The Kier molecular flexibility index (Phi) is 4.95. The Hall–Kier alpha value is -0.680. The average Bonchev–Trinajstić information content (AvgIpc) is 2.81. The minimum absolute atomic E-state index is 0.692. The lowest BCUT2D eigenvalue weighted by molar-refractivity contribution is 0.415. The molecule has 0 aliphatic heterocycles. The van der Waals surface area contributed by atoms with E-state index in [4.69, 9.17) is 4.74 Å². The highest BCUT2D eigenvalue weighted by Crippen LogP contribution is 2.25. The second-order valence-corrected chi connectivity index (χ2v) is 5.82. The van der Waals surface area contributed by atoms with Crippen LogP contribution < -0.4 is 4.74 Å². The molecule has 0 fully saturated rings. The van der Waals surface area contributed by atoms with Gasteiger partial charge in [-0.3, -0.25) is 0 Å². The third-order valence-electron chi connectivity index (χ3n) is 2.92. The quantitative estimate of drug-likeness (QED) is 0.641. The zero-order valence-corrected chi connectivity index (χ0v) is 13.0. The van der Waals surface area contributed by atoms with Crippen molar-refractivity contribution in [3.8, 4) is 5.75 Å². The highest BCUT2D eigenvalue weighted by atomic mass is 79.9. The molecule has 0 bridgehead atoms. The third-order valence-corrected chi connectivity index (χ3v) is 4.94. The number of H-pyrrole nitrogens is 1. The fourth-order valence-electron chi connectivity index (χ4n) is 1.63. The molecule has 0 aliphatic rings. The first-order valence-electron chi connectivity index (χ1n) is 5.99. The van der Waals surface area contributed by atoms with E-state index in [0.717, 1.165) is 33.0 Å². The molecule has 1 unspecified atom stereocenters. The highest BCUT2D eigenvalue weighted by Gasteiger charge is 2.08. The maximum Gasteiger partial charge on any atom is 0.166 e. The fraction of sp³-hybridized carbons (Fsp3) is 0.462. The molecule has 1 aromatic heterocycles. The van der Waals surface area contributed by atoms with Crippen LogP contribution in [-0.4, -0.2) is 28.2 Å². The predicted octanol–water partition coefficient (Wildman–Crippen LogP) is 4.08. The number of fused-ring (bicyclic) bond motifs is 1. The maximum absolute atomic E-state index is 5.20. The number of rotatable bonds is 6. The van der Waals surface area contributed by atoms with Crippen molar-refractivity contribution in [1.82, 2.24) is 9.97 Å². The van der Waals surface area contributed by atoms with Gasteiger partial charge in [0, 0.05) is 17.1 Å². The van der Waals surface area contributed by atoms with Crippen molar-refractivity contribution in [3.05, 3.63) is 18.2 Å². The molecule has 1 N–H and O–H groups in total. The molecule has 5 heteroatoms. The minimum atomic E-state index is 0.692. The number of nitrogens with zero attached hydrogens (tertiary/aromatic N) is 1. The van der Waals surface area contributed by atoms with Crippen molar-refractivity contribution in [2.24, 2.45) is 5.92 Å². The Morgan fingerprint density at radius 2 is 2.33 bits per heavy atom. The van der Waals surface area contributed by atoms with Crippen LogP contribution >= 0.6 is 27.7 Å². The van der Waals surface area contributed by atoms with Gasteiger partial charge in [-0.2, -0.15) is 0 Å². The summed E-state index contributed by atoms with van der Waals surface area (Å²) in [5.41, 5.74) is 2.02. The Morgan fingerprint density at radius 1 is 1.50 bits per heavy atom. The van der Waals surface area contributed by atoms with E-state index in [1.807, 2.05) is 18.2 Å². The topological polar surface area (TPSA) is 37.9 Å². The first-order chi connectivity index (χ1) is 8.76. The van der Waals surface area contributed by atoms with Crippen LogP contribution in [-0.2, 0) is 0 Å². The van der Waals surface area contributed by atoms with Gasteiger partial charge in [0.2, 0.25) is 0 Å². The molecule has 3 nitrogen and oxygen atoms in total. The summed E-state index contributed by atoms with van der Waals surface area (Å²) in [6.07, 6.45) is 1.19. The molecule has 0 aliphatic carbocycles. The van der Waals surface area contributed by atoms with Gasteiger partial charge < -0.3 is 9.72 Å². The Morgan fingerprint density at radius 3 is 3.00 bits per heavy atom. The van der Waals surface area contributed by atoms with Crippen molar-refractivity contribution >= 4 is 38.7 Å². The van der Waals surface area contributed by atoms with E-state index in [0.29, 0.717) is 5.92 Å². The van der Waals surface area contributed by atoms with Crippen LogP contribution in [0.25, 0.3) is 11.0 Å². The molecule has 0 radical (unpaired) electrons. The van der Waals surface area contributed by atoms with Gasteiger partial charge in [-0.15, -0.1) is 0 Å². The first-order valence-corrected chi connectivity index (χ1v) is 8.10. The van der Waals surface area contributed by atoms with Crippen LogP contribution in [0.15, 0.2) is 23.4 Å². The van der Waals surface area contributed by atoms with Gasteiger partial charge in [-0.1, -0.05) is 41.0 Å². The summed E-state index contributed by atoms with van der Waals surface area (Å²) >= 11 is 5.32. The van der Waals surface area contributed by atoms with E-state index < -0.39 is 0 Å². The summed E-state index contributed by atoms with van der Waals surface area (Å²) in [4.78, 5) is 7.90. The van der Waals surface area contributed by atoms with Crippen molar-refractivity contribution in [2.45, 2.75) is 18.5 Å². The zero-order valence-electron chi connectivity index (χ0n) is 10.6. The Labute approximate surface area is 120 Å². The van der Waals surface area contributed by atoms with Crippen LogP contribution in [0.4, 0.5) is 0 Å². The van der Waals surface area contributed by atoms with Crippen LogP contribution in [0.5, 0.6) is 5.75 Å². The number of hydrogen-bond donors (Lipinski definition) is 1. The lowest BCUT2D eigenvalue weighted by Gasteiger charge is -2.08. The number of thioether (sulfide) groups is 1. The zero-order chi connectivity index (χ0) is 13.0. The normalized spacial score (nSPS) is 12.8. The predicted molar refractivity (Wildman–Crippen MR) is 80.9 cm³/mol. The van der Waals surface area contributed by atoms with E-state index in [2.05, 4.69) is 32.8 Å². The van der Waals surface area contributed by atoms with Gasteiger partial charge in [0.15, 0.2) is 5.16 Å². The molecule has 2 aromatic rings. The second-order valence-electron chi connectivity index (χ2n) is 4.16. The number of hydrogen-bond acceptors (Lipinski definition) is 3. The molecule has 1 aromatic carbocycles. The fourth-order valence-corrected chi connectivity index (χ4v) is 3.71. The monoisotopic (exact) mass is 328 g/mol. The summed E-state index contributed by atoms with van der Waals surface area (Å²) in [7, 11) is 1.68. The Balaban J connectivity index is 2.10. The van der Waals surface area contributed by atoms with Crippen LogP contribution in [0.1, 0.15) is 13.3 Å². The molecular weight excluding hydrogens is 312 g/mol. The van der Waals surface area contributed by atoms with Crippen LogP contribution in [0, 0.1) is 5.92 Å². The van der Waals surface area contributed by atoms with Crippen molar-refractivity contribution in [2.75, 3.05) is 18.2 Å². The van der Waals surface area contributed by atoms with Gasteiger partial charge in [0.25, 0.3) is 0 Å². The molecule has 1 heterocycles. The molecular formula is C13H17BrN2OS. The van der Waals surface area contributed by atoms with Crippen molar-refractivity contribution in [3.63, 3.8) is 0 Å². The number of ether oxygens (including phenoxy) is 1. The number of alkyl halides is 1. The Bertz CT molecular complexity index is 511. The summed E-state index contributed by atoms with van der Waals surface area (Å²) in [6.45, 7) is 2.22. The van der Waals surface area contributed by atoms with Crippen molar-refractivity contribution < 1.29 is 4.74 Å². The molecule has 0 saturated heterocycles. The number of aromatic amines is 1. The molecule has 2 rings (SSSR count). The van der Waals surface area contributed by atoms with Crippen molar-refractivity contribution in [1.29, 1.82) is 0 Å². The highest BCUT2D eigenvalue weighted by molar-refractivity contribution is 9.09. The van der Waals surface area contributed by atoms with Gasteiger partial charge >= 0.3 is 0 Å². The second kappa shape index (κ2) is 6.48. The summed E-state index contributed by atoms with van der Waals surface area (Å²) in [5.74, 6) is 2.63. The number of benzene rings is 1. The summed E-state index contributed by atoms with van der Waals surface area (Å²) in [5, 5.41) is 2.03. The molecule has 18 heavy (non-hydrogen) atoms. The van der Waals surface area contributed by atoms with Crippen LogP contribution in [0.2, 0.25) is 0 Å². The smallest absolute Gasteiger partial charge is 0.166 e. The standard InChI is InChI=1S/C13H17BrN2OS/c1-3-9(7-14)8-18-13-15-11-5-4-10(17-2)6-12(11)16-13/h4-6,9H,3,7-8H2,1-2H3,(H,15,16). The maximum atomic E-state index is 5.20. The van der Waals surface area contributed by atoms with Crippen LogP contribution in [0.3, 0.4) is 0 Å². The van der Waals surface area contributed by atoms with E-state index >= 15 is 0 Å². The first kappa shape index (κ1) is 13.7. The summed E-state index contributed by atoms with van der Waals surface area (Å²) < 4.78 is 5.20. The van der Waals surface area contributed by atoms with Gasteiger partial charge in [0.1, 0.15) is 5.75 Å². The third kappa shape index (κ3) is 3.20. The average molecular weight is 329 g/mol. The summed E-state index contributed by atoms with van der Waals surface area (Å²) in [6, 6.07) is 5.90. The number of halogens is 1. The van der Waals surface area contributed by atoms with E-state index in [-0.39, 0.29) is 0 Å². The van der Waals surface area contributed by atoms with Gasteiger partial charge in [-0.05, 0) is 18.1 Å². The van der Waals surface area contributed by atoms with Gasteiger partial charge in [0.05, 0.1) is 18.1 Å². The SMILES string of the molecule is CCC(CBr)CSc1nc2ccc(OC)cc2[nH]1. The molecule has 0 spiro atoms. The van der Waals surface area contributed by atoms with E-state index in [9.17, 15) is 0 Å². The largest absolute Gasteiger partial charge is 0.497 e. The minimum Gasteiger partial charge on any atom is -0.497 e. The van der Waals surface area contributed by atoms with E-state index in [1.165, 1.54) is 6.42 Å². The lowest BCUT2D eigenvalue weighted by atomic mass is 10.2. The number of imidazole rings is 1. The number of nitrogens with one attached hydrogen (secondary N) is 1. The lowest BCUT2D eigenvalue weighted by Crippen LogP contribution is -2.03. The molecule has 98 valence electrons. The molecule has 0 saturated carbocycles.